The number of ketones is 1. The molecule has 0 aliphatic heterocycles. The fraction of sp³-hybridized carbons (Fsp3) is 0.0714. The number of halogens is 2. The van der Waals surface area contributed by atoms with E-state index in [2.05, 4.69) is 0 Å². The molecule has 0 saturated heterocycles. The van der Waals surface area contributed by atoms with Crippen LogP contribution in [0.5, 0.6) is 5.75 Å². The number of rotatable bonds is 5. The molecular formula is C14H9ClFNO4. The summed E-state index contributed by atoms with van der Waals surface area (Å²) in [6.45, 7) is -0.418. The summed E-state index contributed by atoms with van der Waals surface area (Å²) in [5.41, 5.74) is -0.275. The summed E-state index contributed by atoms with van der Waals surface area (Å²) in [5, 5.41) is 10.6. The lowest BCUT2D eigenvalue weighted by atomic mass is 10.1. The average Bonchev–Trinajstić information content (AvgIpc) is 2.46. The van der Waals surface area contributed by atoms with Gasteiger partial charge in [-0.15, -0.1) is 0 Å². The van der Waals surface area contributed by atoms with Gasteiger partial charge in [0.15, 0.2) is 6.61 Å². The van der Waals surface area contributed by atoms with Gasteiger partial charge >= 0.3 is 0 Å². The summed E-state index contributed by atoms with van der Waals surface area (Å²) in [6, 6.07) is 9.13. The second kappa shape index (κ2) is 6.32. The highest BCUT2D eigenvalue weighted by atomic mass is 35.5. The fourth-order valence-corrected chi connectivity index (χ4v) is 1.86. The number of hydrogen-bond acceptors (Lipinski definition) is 4. The van der Waals surface area contributed by atoms with E-state index in [0.717, 1.165) is 6.07 Å². The van der Waals surface area contributed by atoms with E-state index < -0.39 is 23.1 Å². The normalized spacial score (nSPS) is 10.2. The van der Waals surface area contributed by atoms with Gasteiger partial charge in [0.25, 0.3) is 5.69 Å². The third kappa shape index (κ3) is 3.55. The molecule has 0 saturated carbocycles. The lowest BCUT2D eigenvalue weighted by Crippen LogP contribution is -2.13. The molecule has 7 heteroatoms. The van der Waals surface area contributed by atoms with Crippen molar-refractivity contribution in [2.24, 2.45) is 0 Å². The number of carbonyl (C=O) groups is 1. The highest BCUT2D eigenvalue weighted by molar-refractivity contribution is 6.32. The molecule has 0 fully saturated rings. The van der Waals surface area contributed by atoms with Crippen LogP contribution in [0.15, 0.2) is 42.5 Å². The van der Waals surface area contributed by atoms with Gasteiger partial charge < -0.3 is 4.74 Å². The van der Waals surface area contributed by atoms with Crippen molar-refractivity contribution in [3.05, 3.63) is 69.0 Å². The first-order valence-corrected chi connectivity index (χ1v) is 6.21. The number of nitro benzene ring substituents is 1. The number of Topliss-reactive ketones (excluding diaryl/α,β-unsaturated/α-hetero) is 1. The van der Waals surface area contributed by atoms with Crippen molar-refractivity contribution in [1.82, 2.24) is 0 Å². The first-order chi connectivity index (χ1) is 9.99. The van der Waals surface area contributed by atoms with E-state index in [1.54, 1.807) is 0 Å². The lowest BCUT2D eigenvalue weighted by Gasteiger charge is -2.07. The van der Waals surface area contributed by atoms with Gasteiger partial charge in [-0.3, -0.25) is 14.9 Å². The zero-order valence-electron chi connectivity index (χ0n) is 10.6. The molecule has 0 atom stereocenters. The summed E-state index contributed by atoms with van der Waals surface area (Å²) in [7, 11) is 0. The maximum absolute atomic E-state index is 13.4. The predicted molar refractivity (Wildman–Crippen MR) is 74.3 cm³/mol. The number of benzene rings is 2. The fourth-order valence-electron chi connectivity index (χ4n) is 1.63. The molecule has 0 radical (unpaired) electrons. The van der Waals surface area contributed by atoms with Crippen LogP contribution >= 0.6 is 11.6 Å². The quantitative estimate of drug-likeness (QED) is 0.480. The van der Waals surface area contributed by atoms with E-state index >= 15 is 0 Å². The molecule has 0 aromatic heterocycles. The van der Waals surface area contributed by atoms with Gasteiger partial charge in [-0.2, -0.15) is 0 Å². The van der Waals surface area contributed by atoms with Crippen LogP contribution in [-0.2, 0) is 0 Å². The van der Waals surface area contributed by atoms with Crippen molar-refractivity contribution < 1.29 is 18.8 Å². The van der Waals surface area contributed by atoms with Crippen LogP contribution in [0.3, 0.4) is 0 Å². The monoisotopic (exact) mass is 309 g/mol. The number of hydrogen-bond donors (Lipinski definition) is 0. The van der Waals surface area contributed by atoms with Crippen LogP contribution < -0.4 is 4.74 Å². The van der Waals surface area contributed by atoms with Crippen molar-refractivity contribution in [2.75, 3.05) is 6.61 Å². The van der Waals surface area contributed by atoms with Crippen LogP contribution in [0.25, 0.3) is 0 Å². The molecule has 2 rings (SSSR count). The first-order valence-electron chi connectivity index (χ1n) is 5.83. The van der Waals surface area contributed by atoms with Crippen LogP contribution in [0.2, 0.25) is 5.02 Å². The van der Waals surface area contributed by atoms with Crippen LogP contribution in [-0.4, -0.2) is 17.3 Å². The second-order valence-electron chi connectivity index (χ2n) is 4.06. The van der Waals surface area contributed by atoms with Gasteiger partial charge in [0, 0.05) is 12.1 Å². The van der Waals surface area contributed by atoms with E-state index in [0.29, 0.717) is 0 Å². The SMILES string of the molecule is O=C(COc1ccc([N+](=O)[O-])cc1Cl)c1ccccc1F. The minimum absolute atomic E-state index is 0.00512. The summed E-state index contributed by atoms with van der Waals surface area (Å²) in [5.74, 6) is -1.07. The maximum atomic E-state index is 13.4. The van der Waals surface area contributed by atoms with E-state index in [9.17, 15) is 19.3 Å². The molecule has 21 heavy (non-hydrogen) atoms. The highest BCUT2D eigenvalue weighted by Gasteiger charge is 2.14. The van der Waals surface area contributed by atoms with E-state index in [-0.39, 0.29) is 22.0 Å². The van der Waals surface area contributed by atoms with E-state index in [1.165, 1.54) is 36.4 Å². The molecule has 5 nitrogen and oxygen atoms in total. The molecule has 0 heterocycles. The second-order valence-corrected chi connectivity index (χ2v) is 4.47. The van der Waals surface area contributed by atoms with Crippen molar-refractivity contribution in [3.63, 3.8) is 0 Å². The number of nitro groups is 1. The smallest absolute Gasteiger partial charge is 0.271 e. The summed E-state index contributed by atoms with van der Waals surface area (Å²) >= 11 is 5.82. The summed E-state index contributed by atoms with van der Waals surface area (Å²) in [6.07, 6.45) is 0. The Hall–Kier alpha value is -2.47. The van der Waals surface area contributed by atoms with Gasteiger partial charge in [-0.25, -0.2) is 4.39 Å². The van der Waals surface area contributed by atoms with Crippen molar-refractivity contribution in [2.45, 2.75) is 0 Å². The Kier molecular flexibility index (Phi) is 4.49. The van der Waals surface area contributed by atoms with E-state index in [1.807, 2.05) is 0 Å². The molecule has 2 aromatic rings. The molecule has 0 amide bonds. The minimum atomic E-state index is -0.638. The number of ether oxygens (including phenoxy) is 1. The summed E-state index contributed by atoms with van der Waals surface area (Å²) in [4.78, 5) is 21.8. The predicted octanol–water partition coefficient (Wildman–Crippen LogP) is 3.65. The Labute approximate surface area is 124 Å². The van der Waals surface area contributed by atoms with Gasteiger partial charge in [-0.05, 0) is 18.2 Å². The lowest BCUT2D eigenvalue weighted by molar-refractivity contribution is -0.384. The van der Waals surface area contributed by atoms with Gasteiger partial charge in [0.2, 0.25) is 5.78 Å². The molecule has 0 N–H and O–H groups in total. The Morgan fingerprint density at radius 3 is 2.62 bits per heavy atom. The van der Waals surface area contributed by atoms with Gasteiger partial charge in [0.1, 0.15) is 11.6 Å². The Bertz CT molecular complexity index is 705. The third-order valence-electron chi connectivity index (χ3n) is 2.66. The molecular weight excluding hydrogens is 301 g/mol. The van der Waals surface area contributed by atoms with Gasteiger partial charge in [0.05, 0.1) is 15.5 Å². The third-order valence-corrected chi connectivity index (χ3v) is 2.95. The van der Waals surface area contributed by atoms with Crippen LogP contribution in [0.1, 0.15) is 10.4 Å². The van der Waals surface area contributed by atoms with Crippen LogP contribution in [0.4, 0.5) is 10.1 Å². The van der Waals surface area contributed by atoms with Crippen molar-refractivity contribution >= 4 is 23.1 Å². The van der Waals surface area contributed by atoms with E-state index in [4.69, 9.17) is 16.3 Å². The number of non-ortho nitro benzene ring substituents is 1. The van der Waals surface area contributed by atoms with Crippen molar-refractivity contribution in [3.8, 4) is 5.75 Å². The number of nitrogens with zero attached hydrogens (tertiary/aromatic N) is 1. The molecule has 0 bridgehead atoms. The molecule has 108 valence electrons. The first kappa shape index (κ1) is 14.9. The molecule has 0 unspecified atom stereocenters. The maximum Gasteiger partial charge on any atom is 0.271 e. The summed E-state index contributed by atoms with van der Waals surface area (Å²) < 4.78 is 18.6. The Morgan fingerprint density at radius 1 is 1.29 bits per heavy atom. The standard InChI is InChI=1S/C14H9ClFNO4/c15-11-7-9(17(19)20)5-6-14(11)21-8-13(18)10-3-1-2-4-12(10)16/h1-7H,8H2. The molecule has 0 aliphatic rings. The van der Waals surface area contributed by atoms with Gasteiger partial charge in [-0.1, -0.05) is 23.7 Å². The Morgan fingerprint density at radius 2 is 2.00 bits per heavy atom. The van der Waals surface area contributed by atoms with Crippen LogP contribution in [0, 0.1) is 15.9 Å². The topological polar surface area (TPSA) is 69.4 Å². The Balaban J connectivity index is 2.08. The zero-order chi connectivity index (χ0) is 15.4. The highest BCUT2D eigenvalue weighted by Crippen LogP contribution is 2.28. The zero-order valence-corrected chi connectivity index (χ0v) is 11.3. The molecule has 0 spiro atoms. The number of carbonyl (C=O) groups excluding carboxylic acids is 1. The van der Waals surface area contributed by atoms with Crippen molar-refractivity contribution in [1.29, 1.82) is 0 Å². The largest absolute Gasteiger partial charge is 0.484 e. The average molecular weight is 310 g/mol. The molecule has 0 aliphatic carbocycles. The minimum Gasteiger partial charge on any atom is -0.484 e. The molecule has 2 aromatic carbocycles.